The number of carbonyl (C=O) groups excluding carboxylic acids is 1. The lowest BCUT2D eigenvalue weighted by Gasteiger charge is -2.13. The maximum absolute atomic E-state index is 12.5. The van der Waals surface area contributed by atoms with Crippen LogP contribution in [0.2, 0.25) is 0 Å². The molecule has 0 bridgehead atoms. The largest absolute Gasteiger partial charge is 0.306 e. The Bertz CT molecular complexity index is 1030. The van der Waals surface area contributed by atoms with E-state index in [9.17, 15) is 13.2 Å². The van der Waals surface area contributed by atoms with Crippen molar-refractivity contribution < 1.29 is 13.2 Å². The van der Waals surface area contributed by atoms with Gasteiger partial charge in [-0.25, -0.2) is 13.1 Å². The molecule has 0 saturated carbocycles. The Morgan fingerprint density at radius 3 is 2.65 bits per heavy atom. The minimum atomic E-state index is -3.06. The number of carbonyl (C=O) groups is 1. The van der Waals surface area contributed by atoms with Gasteiger partial charge in [0.05, 0.1) is 28.1 Å². The van der Waals surface area contributed by atoms with Gasteiger partial charge in [0.2, 0.25) is 0 Å². The third-order valence-electron chi connectivity index (χ3n) is 4.35. The van der Waals surface area contributed by atoms with Crippen molar-refractivity contribution in [3.05, 3.63) is 58.8 Å². The number of thiophene rings is 1. The molecule has 1 aliphatic heterocycles. The lowest BCUT2D eigenvalue weighted by molar-refractivity contribution is 0.102. The minimum absolute atomic E-state index is 0.0464. The third kappa shape index (κ3) is 3.42. The second-order valence-corrected chi connectivity index (χ2v) is 9.39. The van der Waals surface area contributed by atoms with Crippen molar-refractivity contribution in [3.63, 3.8) is 0 Å². The van der Waals surface area contributed by atoms with Gasteiger partial charge >= 0.3 is 0 Å². The summed E-state index contributed by atoms with van der Waals surface area (Å²) in [7, 11) is -3.06. The molecule has 1 atom stereocenters. The number of amides is 1. The summed E-state index contributed by atoms with van der Waals surface area (Å²) >= 11 is 1.35. The molecule has 0 unspecified atom stereocenters. The van der Waals surface area contributed by atoms with Crippen LogP contribution in [-0.4, -0.2) is 35.6 Å². The van der Waals surface area contributed by atoms with Crippen molar-refractivity contribution in [3.8, 4) is 11.3 Å². The highest BCUT2D eigenvalue weighted by molar-refractivity contribution is 7.91. The van der Waals surface area contributed by atoms with Crippen molar-refractivity contribution in [2.24, 2.45) is 0 Å². The van der Waals surface area contributed by atoms with E-state index in [4.69, 9.17) is 0 Å². The van der Waals surface area contributed by atoms with Crippen LogP contribution in [0.25, 0.3) is 11.3 Å². The van der Waals surface area contributed by atoms with Crippen LogP contribution in [0.5, 0.6) is 0 Å². The predicted molar refractivity (Wildman–Crippen MR) is 102 cm³/mol. The molecular weight excluding hydrogens is 370 g/mol. The van der Waals surface area contributed by atoms with Gasteiger partial charge in [-0.15, -0.1) is 11.3 Å². The van der Waals surface area contributed by atoms with E-state index in [0.717, 1.165) is 5.56 Å². The first-order valence-electron chi connectivity index (χ1n) is 8.22. The first-order chi connectivity index (χ1) is 12.5. The van der Waals surface area contributed by atoms with Gasteiger partial charge in [-0.2, -0.15) is 5.10 Å². The SMILES string of the molecule is O=C(Nc1cc(-c2ccccc2)nn1[C@H]1CCS(=O)(=O)C1)c1cccs1. The van der Waals surface area contributed by atoms with Gasteiger partial charge in [0.15, 0.2) is 9.84 Å². The number of aromatic nitrogens is 2. The zero-order valence-corrected chi connectivity index (χ0v) is 15.5. The fourth-order valence-corrected chi connectivity index (χ4v) is 5.38. The van der Waals surface area contributed by atoms with Crippen LogP contribution in [-0.2, 0) is 9.84 Å². The Morgan fingerprint density at radius 1 is 1.19 bits per heavy atom. The molecule has 6 nitrogen and oxygen atoms in total. The van der Waals surface area contributed by atoms with Gasteiger partial charge in [0, 0.05) is 11.6 Å². The normalized spacial score (nSPS) is 18.7. The summed E-state index contributed by atoms with van der Waals surface area (Å²) in [5, 5.41) is 9.33. The van der Waals surface area contributed by atoms with E-state index >= 15 is 0 Å². The van der Waals surface area contributed by atoms with Gasteiger partial charge in [-0.1, -0.05) is 36.4 Å². The number of hydrogen-bond acceptors (Lipinski definition) is 5. The molecule has 8 heteroatoms. The molecule has 0 spiro atoms. The standard InChI is InChI=1S/C18H17N3O3S2/c22-18(16-7-4-9-25-16)19-17-11-15(13-5-2-1-3-6-13)20-21(17)14-8-10-26(23,24)12-14/h1-7,9,11,14H,8,10,12H2,(H,19,22)/t14-/m0/s1. The molecule has 0 aliphatic carbocycles. The van der Waals surface area contributed by atoms with Gasteiger partial charge in [0.25, 0.3) is 5.91 Å². The average molecular weight is 387 g/mol. The van der Waals surface area contributed by atoms with E-state index in [2.05, 4.69) is 10.4 Å². The van der Waals surface area contributed by atoms with Gasteiger partial charge in [-0.05, 0) is 17.9 Å². The lowest BCUT2D eigenvalue weighted by Crippen LogP contribution is -2.19. The molecule has 1 fully saturated rings. The molecule has 1 aliphatic rings. The van der Waals surface area contributed by atoms with E-state index in [-0.39, 0.29) is 23.5 Å². The van der Waals surface area contributed by atoms with E-state index in [1.165, 1.54) is 11.3 Å². The van der Waals surface area contributed by atoms with Crippen LogP contribution in [0.3, 0.4) is 0 Å². The number of benzene rings is 1. The lowest BCUT2D eigenvalue weighted by atomic mass is 10.1. The molecule has 134 valence electrons. The Hall–Kier alpha value is -2.45. The Kier molecular flexibility index (Phi) is 4.37. The number of anilines is 1. The predicted octanol–water partition coefficient (Wildman–Crippen LogP) is 3.22. The fourth-order valence-electron chi connectivity index (χ4n) is 3.07. The van der Waals surface area contributed by atoms with E-state index in [1.807, 2.05) is 41.8 Å². The van der Waals surface area contributed by atoms with Crippen molar-refractivity contribution >= 4 is 32.9 Å². The zero-order chi connectivity index (χ0) is 18.1. The summed E-state index contributed by atoms with van der Waals surface area (Å²) in [6, 6.07) is 14.7. The number of hydrogen-bond donors (Lipinski definition) is 1. The van der Waals surface area contributed by atoms with Gasteiger partial charge in [-0.3, -0.25) is 4.79 Å². The Labute approximate surface area is 155 Å². The topological polar surface area (TPSA) is 81.1 Å². The number of sulfone groups is 1. The highest BCUT2D eigenvalue weighted by Crippen LogP contribution is 2.30. The first kappa shape index (κ1) is 17.0. The van der Waals surface area contributed by atoms with Gasteiger partial charge < -0.3 is 5.32 Å². The monoisotopic (exact) mass is 387 g/mol. The van der Waals surface area contributed by atoms with Crippen LogP contribution in [0.1, 0.15) is 22.1 Å². The smallest absolute Gasteiger partial charge is 0.266 e. The number of nitrogens with zero attached hydrogens (tertiary/aromatic N) is 2. The molecule has 3 aromatic rings. The second-order valence-electron chi connectivity index (χ2n) is 6.21. The summed E-state index contributed by atoms with van der Waals surface area (Å²) in [6.45, 7) is 0. The van der Waals surface area contributed by atoms with Crippen molar-refractivity contribution in [1.29, 1.82) is 0 Å². The maximum Gasteiger partial charge on any atom is 0.266 e. The first-order valence-corrected chi connectivity index (χ1v) is 10.9. The number of rotatable bonds is 4. The van der Waals surface area contributed by atoms with Crippen molar-refractivity contribution in [1.82, 2.24) is 9.78 Å². The van der Waals surface area contributed by atoms with E-state index in [0.29, 0.717) is 22.8 Å². The maximum atomic E-state index is 12.5. The summed E-state index contributed by atoms with van der Waals surface area (Å²) < 4.78 is 25.4. The molecule has 26 heavy (non-hydrogen) atoms. The van der Waals surface area contributed by atoms with Crippen LogP contribution in [0.4, 0.5) is 5.82 Å². The van der Waals surface area contributed by atoms with E-state index in [1.54, 1.807) is 16.8 Å². The quantitative estimate of drug-likeness (QED) is 0.745. The highest BCUT2D eigenvalue weighted by atomic mass is 32.2. The minimum Gasteiger partial charge on any atom is -0.306 e. The molecule has 1 saturated heterocycles. The van der Waals surface area contributed by atoms with Crippen LogP contribution in [0.15, 0.2) is 53.9 Å². The summed E-state index contributed by atoms with van der Waals surface area (Å²) in [4.78, 5) is 13.1. The van der Waals surface area contributed by atoms with Crippen molar-refractivity contribution in [2.45, 2.75) is 12.5 Å². The molecule has 3 heterocycles. The zero-order valence-electron chi connectivity index (χ0n) is 13.8. The highest BCUT2D eigenvalue weighted by Gasteiger charge is 2.31. The Balaban J connectivity index is 1.71. The van der Waals surface area contributed by atoms with E-state index < -0.39 is 9.84 Å². The molecular formula is C18H17N3O3S2. The molecule has 4 rings (SSSR count). The van der Waals surface area contributed by atoms with Crippen LogP contribution in [0, 0.1) is 0 Å². The molecule has 1 N–H and O–H groups in total. The average Bonchev–Trinajstić information content (AvgIpc) is 3.35. The Morgan fingerprint density at radius 2 is 2.00 bits per heavy atom. The molecule has 0 radical (unpaired) electrons. The second kappa shape index (κ2) is 6.69. The summed E-state index contributed by atoms with van der Waals surface area (Å²) in [5.41, 5.74) is 1.62. The van der Waals surface area contributed by atoms with Crippen molar-refractivity contribution in [2.75, 3.05) is 16.8 Å². The molecule has 1 amide bonds. The molecule has 2 aromatic heterocycles. The third-order valence-corrected chi connectivity index (χ3v) is 6.97. The van der Waals surface area contributed by atoms with Crippen LogP contribution < -0.4 is 5.32 Å². The molecule has 1 aromatic carbocycles. The van der Waals surface area contributed by atoms with Gasteiger partial charge in [0.1, 0.15) is 5.82 Å². The number of nitrogens with one attached hydrogen (secondary N) is 1. The summed E-state index contributed by atoms with van der Waals surface area (Å²) in [5.74, 6) is 0.493. The summed E-state index contributed by atoms with van der Waals surface area (Å²) in [6.07, 6.45) is 0.500. The fraction of sp³-hybridized carbons (Fsp3) is 0.222. The van der Waals surface area contributed by atoms with Crippen LogP contribution >= 0.6 is 11.3 Å².